The van der Waals surface area contributed by atoms with E-state index in [1.165, 1.54) is 12.1 Å². The van der Waals surface area contributed by atoms with E-state index in [2.05, 4.69) is 14.9 Å². The average Bonchev–Trinajstić information content (AvgIpc) is 3.61. The van der Waals surface area contributed by atoms with E-state index >= 15 is 0 Å². The maximum absolute atomic E-state index is 13.8. The summed E-state index contributed by atoms with van der Waals surface area (Å²) in [5.41, 5.74) is 2.98. The zero-order chi connectivity index (χ0) is 26.4. The number of carboxylic acid groups (broad SMARTS) is 1. The number of fused-ring (bicyclic) bond motifs is 1. The summed E-state index contributed by atoms with van der Waals surface area (Å²) in [5.74, 6) is -0.0430. The number of nitrogens with zero attached hydrogens (tertiary/aromatic N) is 6. The fourth-order valence-electron chi connectivity index (χ4n) is 5.24. The van der Waals surface area contributed by atoms with Crippen LogP contribution in [0.4, 0.5) is 0 Å². The number of carboxylic acids is 1. The quantitative estimate of drug-likeness (QED) is 0.359. The van der Waals surface area contributed by atoms with Gasteiger partial charge < -0.3 is 14.8 Å². The third-order valence-corrected chi connectivity index (χ3v) is 7.21. The topological polar surface area (TPSA) is 118 Å². The highest BCUT2D eigenvalue weighted by Crippen LogP contribution is 2.32. The van der Waals surface area contributed by atoms with E-state index in [1.807, 2.05) is 23.9 Å². The number of hydrogen-bond donors (Lipinski definition) is 2. The number of phenols is 1. The van der Waals surface area contributed by atoms with Crippen LogP contribution < -0.4 is 5.69 Å². The maximum atomic E-state index is 13.8. The molecule has 0 saturated carbocycles. The number of carbonyl (C=O) groups is 1. The molecule has 1 aliphatic rings. The van der Waals surface area contributed by atoms with Crippen molar-refractivity contribution in [1.29, 1.82) is 0 Å². The Balaban J connectivity index is 1.35. The Morgan fingerprint density at radius 2 is 1.89 bits per heavy atom. The monoisotopic (exact) mass is 510 g/mol. The van der Waals surface area contributed by atoms with Gasteiger partial charge in [-0.05, 0) is 48.4 Å². The standard InChI is InChI=1S/C28H26N6O4/c1-31-14-12-29-25(31)17-32-13-10-21(16-32)34-26-23(3-2-11-30-26)33(28(34)38)20-8-9-22(24(35)15-20)18-4-6-19(7-5-18)27(36)37/h2-9,11-12,14-15,21,35H,10,13,16-17H2,1H3,(H,36,37). The highest BCUT2D eigenvalue weighted by molar-refractivity contribution is 5.88. The number of likely N-dealkylation sites (tertiary alicyclic amines) is 1. The zero-order valence-corrected chi connectivity index (χ0v) is 20.7. The molecule has 10 nitrogen and oxygen atoms in total. The lowest BCUT2D eigenvalue weighted by Gasteiger charge is -2.16. The lowest BCUT2D eigenvalue weighted by atomic mass is 10.0. The number of phenolic OH excluding ortho intramolecular Hbond substituents is 1. The van der Waals surface area contributed by atoms with Crippen molar-refractivity contribution in [1.82, 2.24) is 28.6 Å². The van der Waals surface area contributed by atoms with E-state index in [4.69, 9.17) is 5.11 Å². The minimum absolute atomic E-state index is 0.00984. The van der Waals surface area contributed by atoms with E-state index in [-0.39, 0.29) is 23.0 Å². The Bertz CT molecular complexity index is 1720. The number of aromatic nitrogens is 5. The summed E-state index contributed by atoms with van der Waals surface area (Å²) in [7, 11) is 1.98. The van der Waals surface area contributed by atoms with Crippen LogP contribution in [0.25, 0.3) is 28.0 Å². The molecule has 1 atom stereocenters. The number of benzene rings is 2. The molecule has 1 aliphatic heterocycles. The van der Waals surface area contributed by atoms with E-state index in [1.54, 1.807) is 57.9 Å². The summed E-state index contributed by atoms with van der Waals surface area (Å²) < 4.78 is 5.35. The number of aromatic carboxylic acids is 1. The van der Waals surface area contributed by atoms with Gasteiger partial charge in [0.1, 0.15) is 11.6 Å². The molecule has 1 saturated heterocycles. The Morgan fingerprint density at radius 3 is 2.61 bits per heavy atom. The number of hydrogen-bond acceptors (Lipinski definition) is 6. The van der Waals surface area contributed by atoms with Crippen LogP contribution in [0.2, 0.25) is 0 Å². The van der Waals surface area contributed by atoms with Crippen molar-refractivity contribution in [3.05, 3.63) is 95.1 Å². The van der Waals surface area contributed by atoms with Gasteiger partial charge in [0.25, 0.3) is 0 Å². The molecule has 2 N–H and O–H groups in total. The molecule has 0 amide bonds. The lowest BCUT2D eigenvalue weighted by Crippen LogP contribution is -2.29. The van der Waals surface area contributed by atoms with Gasteiger partial charge >= 0.3 is 11.7 Å². The molecule has 1 fully saturated rings. The Morgan fingerprint density at radius 1 is 1.08 bits per heavy atom. The second kappa shape index (κ2) is 9.31. The average molecular weight is 511 g/mol. The van der Waals surface area contributed by atoms with Crippen LogP contribution in [-0.4, -0.2) is 57.8 Å². The van der Waals surface area contributed by atoms with Crippen LogP contribution >= 0.6 is 0 Å². The van der Waals surface area contributed by atoms with Crippen molar-refractivity contribution < 1.29 is 15.0 Å². The van der Waals surface area contributed by atoms with Gasteiger partial charge in [0.15, 0.2) is 5.65 Å². The van der Waals surface area contributed by atoms with Crippen molar-refractivity contribution >= 4 is 17.1 Å². The summed E-state index contributed by atoms with van der Waals surface area (Å²) in [6, 6.07) is 15.0. The van der Waals surface area contributed by atoms with Crippen molar-refractivity contribution in [3.8, 4) is 22.6 Å². The van der Waals surface area contributed by atoms with Crippen LogP contribution in [0.5, 0.6) is 5.75 Å². The lowest BCUT2D eigenvalue weighted by molar-refractivity contribution is 0.0697. The molecule has 10 heteroatoms. The summed E-state index contributed by atoms with van der Waals surface area (Å²) >= 11 is 0. The molecule has 192 valence electrons. The molecule has 0 bridgehead atoms. The fraction of sp³-hybridized carbons (Fsp3) is 0.214. The van der Waals surface area contributed by atoms with Gasteiger partial charge in [0.2, 0.25) is 0 Å². The van der Waals surface area contributed by atoms with Crippen LogP contribution in [-0.2, 0) is 13.6 Å². The summed E-state index contributed by atoms with van der Waals surface area (Å²) in [6.45, 7) is 2.27. The van der Waals surface area contributed by atoms with E-state index in [0.717, 1.165) is 18.8 Å². The molecule has 38 heavy (non-hydrogen) atoms. The zero-order valence-electron chi connectivity index (χ0n) is 20.7. The van der Waals surface area contributed by atoms with Crippen molar-refractivity contribution in [3.63, 3.8) is 0 Å². The van der Waals surface area contributed by atoms with Gasteiger partial charge in [0, 0.05) is 50.4 Å². The molecule has 0 aliphatic carbocycles. The number of rotatable bonds is 6. The van der Waals surface area contributed by atoms with Gasteiger partial charge in [-0.1, -0.05) is 12.1 Å². The number of aryl methyl sites for hydroxylation is 1. The highest BCUT2D eigenvalue weighted by Gasteiger charge is 2.29. The largest absolute Gasteiger partial charge is 0.507 e. The van der Waals surface area contributed by atoms with E-state index < -0.39 is 5.97 Å². The van der Waals surface area contributed by atoms with Crippen molar-refractivity contribution in [2.75, 3.05) is 13.1 Å². The molecule has 0 spiro atoms. The molecule has 1 unspecified atom stereocenters. The molecule has 3 aromatic heterocycles. The SMILES string of the molecule is Cn1ccnc1CN1CCC(n2c(=O)n(-c3ccc(-c4ccc(C(=O)O)cc4)c(O)c3)c3cccnc32)C1. The highest BCUT2D eigenvalue weighted by atomic mass is 16.4. The van der Waals surface area contributed by atoms with Gasteiger partial charge in [-0.3, -0.25) is 14.0 Å². The molecule has 5 aromatic rings. The molecule has 2 aromatic carbocycles. The van der Waals surface area contributed by atoms with Gasteiger partial charge in [-0.15, -0.1) is 0 Å². The van der Waals surface area contributed by atoms with Gasteiger partial charge in [-0.25, -0.2) is 19.6 Å². The van der Waals surface area contributed by atoms with Crippen LogP contribution in [0, 0.1) is 0 Å². The van der Waals surface area contributed by atoms with Crippen molar-refractivity contribution in [2.45, 2.75) is 19.0 Å². The molecule has 4 heterocycles. The van der Waals surface area contributed by atoms with Crippen LogP contribution in [0.1, 0.15) is 28.6 Å². The third-order valence-electron chi connectivity index (χ3n) is 7.21. The van der Waals surface area contributed by atoms with Gasteiger partial charge in [-0.2, -0.15) is 0 Å². The number of aromatic hydroxyl groups is 1. The minimum Gasteiger partial charge on any atom is -0.507 e. The van der Waals surface area contributed by atoms with Crippen LogP contribution in [0.3, 0.4) is 0 Å². The Hall–Kier alpha value is -4.70. The molecule has 0 radical (unpaired) electrons. The predicted octanol–water partition coefficient (Wildman–Crippen LogP) is 3.44. The fourth-order valence-corrected chi connectivity index (χ4v) is 5.24. The summed E-state index contributed by atoms with van der Waals surface area (Å²) in [6.07, 6.45) is 6.22. The van der Waals surface area contributed by atoms with E-state index in [9.17, 15) is 14.7 Å². The van der Waals surface area contributed by atoms with E-state index in [0.29, 0.717) is 41.1 Å². The number of imidazole rings is 2. The van der Waals surface area contributed by atoms with Crippen molar-refractivity contribution in [2.24, 2.45) is 7.05 Å². The molecular weight excluding hydrogens is 484 g/mol. The predicted molar refractivity (Wildman–Crippen MR) is 142 cm³/mol. The second-order valence-electron chi connectivity index (χ2n) is 9.55. The first kappa shape index (κ1) is 23.7. The normalized spacial score (nSPS) is 15.9. The second-order valence-corrected chi connectivity index (χ2v) is 9.55. The van der Waals surface area contributed by atoms with Gasteiger partial charge in [0.05, 0.1) is 29.4 Å². The number of pyridine rings is 1. The third kappa shape index (κ3) is 4.04. The Kier molecular flexibility index (Phi) is 5.80. The van der Waals surface area contributed by atoms with Crippen LogP contribution in [0.15, 0.2) is 78.0 Å². The smallest absolute Gasteiger partial charge is 0.335 e. The Labute approximate surface area is 217 Å². The summed E-state index contributed by atoms with van der Waals surface area (Å²) in [4.78, 5) is 36.3. The first-order chi connectivity index (χ1) is 18.4. The molecular formula is C28H26N6O4. The summed E-state index contributed by atoms with van der Waals surface area (Å²) in [5, 5.41) is 20.0. The first-order valence-electron chi connectivity index (χ1n) is 12.3. The first-order valence-corrected chi connectivity index (χ1v) is 12.3. The minimum atomic E-state index is -1.01. The maximum Gasteiger partial charge on any atom is 0.335 e. The molecule has 6 rings (SSSR count).